The van der Waals surface area contributed by atoms with E-state index < -0.39 is 10.8 Å². The van der Waals surface area contributed by atoms with Crippen LogP contribution in [0, 0.1) is 10.1 Å². The van der Waals surface area contributed by atoms with E-state index in [0.29, 0.717) is 12.2 Å². The zero-order valence-electron chi connectivity index (χ0n) is 11.9. The van der Waals surface area contributed by atoms with Crippen LogP contribution in [0.5, 0.6) is 0 Å². The molecule has 2 aromatic rings. The number of nitro groups is 1. The molecule has 1 N–H and O–H groups in total. The van der Waals surface area contributed by atoms with Gasteiger partial charge in [0.1, 0.15) is 6.20 Å². The molecule has 0 unspecified atom stereocenters. The van der Waals surface area contributed by atoms with Gasteiger partial charge in [-0.3, -0.25) is 19.6 Å². The van der Waals surface area contributed by atoms with Gasteiger partial charge in [-0.25, -0.2) is 0 Å². The molecule has 1 heterocycles. The number of carbonyl (C=O) groups excluding carboxylic acids is 1. The van der Waals surface area contributed by atoms with Crippen LogP contribution < -0.4 is 5.32 Å². The molecule has 0 fully saturated rings. The zero-order chi connectivity index (χ0) is 15.4. The van der Waals surface area contributed by atoms with Crippen LogP contribution in [0.15, 0.2) is 30.5 Å². The van der Waals surface area contributed by atoms with Crippen LogP contribution in [-0.2, 0) is 13.0 Å². The lowest BCUT2D eigenvalue weighted by Gasteiger charge is -2.08. The van der Waals surface area contributed by atoms with Gasteiger partial charge in [-0.05, 0) is 25.0 Å². The van der Waals surface area contributed by atoms with Crippen molar-refractivity contribution >= 4 is 17.3 Å². The summed E-state index contributed by atoms with van der Waals surface area (Å²) in [6, 6.07) is 7.34. The fourth-order valence-electron chi connectivity index (χ4n) is 2.00. The number of amides is 1. The first-order valence-corrected chi connectivity index (χ1v) is 6.67. The summed E-state index contributed by atoms with van der Waals surface area (Å²) in [4.78, 5) is 22.7. The Kier molecular flexibility index (Phi) is 4.32. The minimum atomic E-state index is -0.597. The van der Waals surface area contributed by atoms with Crippen LogP contribution in [0.4, 0.5) is 11.4 Å². The Labute approximate surface area is 121 Å². The van der Waals surface area contributed by atoms with Gasteiger partial charge in [-0.2, -0.15) is 5.10 Å². The molecule has 0 aliphatic carbocycles. The first-order chi connectivity index (χ1) is 10.1. The molecule has 0 atom stereocenters. The van der Waals surface area contributed by atoms with E-state index in [2.05, 4.69) is 10.4 Å². The Hall–Kier alpha value is -2.70. The predicted molar refractivity (Wildman–Crippen MR) is 78.3 cm³/mol. The van der Waals surface area contributed by atoms with E-state index in [9.17, 15) is 14.9 Å². The molecule has 0 aliphatic heterocycles. The number of rotatable bonds is 5. The average Bonchev–Trinajstić information content (AvgIpc) is 2.92. The number of hydrogen-bond donors (Lipinski definition) is 1. The molecule has 1 aromatic heterocycles. The molecule has 0 bridgehead atoms. The Morgan fingerprint density at radius 1 is 1.38 bits per heavy atom. The average molecular weight is 288 g/mol. The fraction of sp³-hybridized carbons (Fsp3) is 0.286. The molecule has 0 spiro atoms. The lowest BCUT2D eigenvalue weighted by atomic mass is 10.1. The highest BCUT2D eigenvalue weighted by molar-refractivity contribution is 6.05. The summed E-state index contributed by atoms with van der Waals surface area (Å²) in [6.07, 6.45) is 2.02. The van der Waals surface area contributed by atoms with E-state index in [4.69, 9.17) is 0 Å². The standard InChI is InChI=1S/C14H16N4O3/c1-3-10-7-5-6-8-11(10)15-14(19)13-12(18(20)21)9-17(4-2)16-13/h5-9H,3-4H2,1-2H3,(H,15,19). The topological polar surface area (TPSA) is 90.1 Å². The number of aryl methyl sites for hydroxylation is 2. The van der Waals surface area contributed by atoms with Gasteiger partial charge in [0, 0.05) is 12.2 Å². The second-order valence-corrected chi connectivity index (χ2v) is 4.44. The molecule has 21 heavy (non-hydrogen) atoms. The maximum absolute atomic E-state index is 12.2. The Bertz CT molecular complexity index is 679. The summed E-state index contributed by atoms with van der Waals surface area (Å²) in [7, 11) is 0. The number of nitrogens with zero attached hydrogens (tertiary/aromatic N) is 3. The molecule has 0 saturated heterocycles. The lowest BCUT2D eigenvalue weighted by Crippen LogP contribution is -2.15. The van der Waals surface area contributed by atoms with Crippen LogP contribution in [0.1, 0.15) is 29.9 Å². The summed E-state index contributed by atoms with van der Waals surface area (Å²) in [5, 5.41) is 17.7. The largest absolute Gasteiger partial charge is 0.320 e. The second-order valence-electron chi connectivity index (χ2n) is 4.44. The molecular formula is C14H16N4O3. The van der Waals surface area contributed by atoms with E-state index in [-0.39, 0.29) is 11.4 Å². The van der Waals surface area contributed by atoms with E-state index in [1.54, 1.807) is 19.1 Å². The van der Waals surface area contributed by atoms with Gasteiger partial charge in [0.2, 0.25) is 5.69 Å². The van der Waals surface area contributed by atoms with Crippen molar-refractivity contribution in [2.45, 2.75) is 26.8 Å². The third-order valence-corrected chi connectivity index (χ3v) is 3.12. The van der Waals surface area contributed by atoms with Gasteiger partial charge in [-0.15, -0.1) is 0 Å². The van der Waals surface area contributed by atoms with Gasteiger partial charge < -0.3 is 5.32 Å². The minimum Gasteiger partial charge on any atom is -0.320 e. The number of nitrogens with one attached hydrogen (secondary N) is 1. The monoisotopic (exact) mass is 288 g/mol. The van der Waals surface area contributed by atoms with Gasteiger partial charge in [0.05, 0.1) is 4.92 Å². The van der Waals surface area contributed by atoms with Crippen molar-refractivity contribution in [3.8, 4) is 0 Å². The van der Waals surface area contributed by atoms with E-state index in [1.165, 1.54) is 10.9 Å². The summed E-state index contributed by atoms with van der Waals surface area (Å²) in [6.45, 7) is 4.23. The van der Waals surface area contributed by atoms with E-state index >= 15 is 0 Å². The molecule has 0 radical (unpaired) electrons. The minimum absolute atomic E-state index is 0.173. The molecule has 0 aliphatic rings. The highest BCUT2D eigenvalue weighted by Crippen LogP contribution is 2.20. The van der Waals surface area contributed by atoms with Crippen molar-refractivity contribution in [3.05, 3.63) is 51.8 Å². The van der Waals surface area contributed by atoms with Crippen LogP contribution in [-0.4, -0.2) is 20.6 Å². The summed E-state index contributed by atoms with van der Waals surface area (Å²) in [5.41, 5.74) is 1.14. The summed E-state index contributed by atoms with van der Waals surface area (Å²) in [5.74, 6) is -0.574. The molecule has 110 valence electrons. The molecular weight excluding hydrogens is 272 g/mol. The van der Waals surface area contributed by atoms with Crippen molar-refractivity contribution in [3.63, 3.8) is 0 Å². The van der Waals surface area contributed by atoms with Gasteiger partial charge in [0.15, 0.2) is 0 Å². The van der Waals surface area contributed by atoms with Crippen LogP contribution in [0.3, 0.4) is 0 Å². The van der Waals surface area contributed by atoms with Crippen molar-refractivity contribution in [1.82, 2.24) is 9.78 Å². The SMILES string of the molecule is CCc1ccccc1NC(=O)c1nn(CC)cc1[N+](=O)[O-]. The number of carbonyl (C=O) groups is 1. The Balaban J connectivity index is 2.32. The highest BCUT2D eigenvalue weighted by atomic mass is 16.6. The van der Waals surface area contributed by atoms with Gasteiger partial charge in [-0.1, -0.05) is 25.1 Å². The smallest absolute Gasteiger partial charge is 0.320 e. The number of anilines is 1. The van der Waals surface area contributed by atoms with Gasteiger partial charge in [0.25, 0.3) is 5.91 Å². The van der Waals surface area contributed by atoms with Gasteiger partial charge >= 0.3 is 5.69 Å². The van der Waals surface area contributed by atoms with Crippen molar-refractivity contribution in [2.75, 3.05) is 5.32 Å². The predicted octanol–water partition coefficient (Wildman–Crippen LogP) is 2.63. The highest BCUT2D eigenvalue weighted by Gasteiger charge is 2.25. The van der Waals surface area contributed by atoms with Crippen molar-refractivity contribution < 1.29 is 9.72 Å². The van der Waals surface area contributed by atoms with Crippen molar-refractivity contribution in [2.24, 2.45) is 0 Å². The molecule has 1 amide bonds. The summed E-state index contributed by atoms with van der Waals surface area (Å²) >= 11 is 0. The zero-order valence-corrected chi connectivity index (χ0v) is 11.9. The Morgan fingerprint density at radius 2 is 2.10 bits per heavy atom. The normalized spacial score (nSPS) is 10.4. The van der Waals surface area contributed by atoms with Crippen LogP contribution in [0.25, 0.3) is 0 Å². The number of benzene rings is 1. The number of aromatic nitrogens is 2. The van der Waals surface area contributed by atoms with Crippen molar-refractivity contribution in [1.29, 1.82) is 0 Å². The van der Waals surface area contributed by atoms with Crippen LogP contribution >= 0.6 is 0 Å². The second kappa shape index (κ2) is 6.17. The van der Waals surface area contributed by atoms with E-state index in [1.807, 2.05) is 19.1 Å². The summed E-state index contributed by atoms with van der Waals surface area (Å²) < 4.78 is 1.37. The number of hydrogen-bond acceptors (Lipinski definition) is 4. The molecule has 2 rings (SSSR count). The van der Waals surface area contributed by atoms with E-state index in [0.717, 1.165) is 12.0 Å². The Morgan fingerprint density at radius 3 is 2.71 bits per heavy atom. The third-order valence-electron chi connectivity index (χ3n) is 3.12. The molecule has 0 saturated carbocycles. The lowest BCUT2D eigenvalue weighted by molar-refractivity contribution is -0.385. The first kappa shape index (κ1) is 14.7. The maximum atomic E-state index is 12.2. The third kappa shape index (κ3) is 3.07. The molecule has 7 nitrogen and oxygen atoms in total. The fourth-order valence-corrected chi connectivity index (χ4v) is 2.00. The number of para-hydroxylation sites is 1. The first-order valence-electron chi connectivity index (χ1n) is 6.67. The quantitative estimate of drug-likeness (QED) is 0.676. The maximum Gasteiger partial charge on any atom is 0.320 e. The van der Waals surface area contributed by atoms with Crippen LogP contribution in [0.2, 0.25) is 0 Å². The molecule has 1 aromatic carbocycles. The molecule has 7 heteroatoms.